The van der Waals surface area contributed by atoms with Gasteiger partial charge in [-0.25, -0.2) is 0 Å². The predicted octanol–water partition coefficient (Wildman–Crippen LogP) is 4.70. The highest BCUT2D eigenvalue weighted by Crippen LogP contribution is 2.40. The molecule has 0 aromatic heterocycles. The molecule has 0 heterocycles. The Morgan fingerprint density at radius 2 is 1.21 bits per heavy atom. The van der Waals surface area contributed by atoms with Crippen LogP contribution in [0.5, 0.6) is 5.75 Å². The van der Waals surface area contributed by atoms with Crippen LogP contribution in [0.3, 0.4) is 0 Å². The molecule has 0 saturated carbocycles. The third-order valence-corrected chi connectivity index (χ3v) is 4.80. The van der Waals surface area contributed by atoms with Gasteiger partial charge in [0.1, 0.15) is 5.75 Å². The Labute approximate surface area is 143 Å². The molecule has 122 valence electrons. The van der Waals surface area contributed by atoms with Crippen LogP contribution in [0.15, 0.2) is 84.9 Å². The van der Waals surface area contributed by atoms with Gasteiger partial charge in [-0.2, -0.15) is 0 Å². The van der Waals surface area contributed by atoms with E-state index in [0.717, 1.165) is 16.9 Å². The minimum Gasteiger partial charge on any atom is -0.497 e. The Kier molecular flexibility index (Phi) is 4.68. The van der Waals surface area contributed by atoms with Gasteiger partial charge in [0.15, 0.2) is 0 Å². The molecular weight excluding hydrogens is 294 g/mol. The van der Waals surface area contributed by atoms with Crippen LogP contribution in [0.4, 0.5) is 0 Å². The molecule has 0 spiro atoms. The van der Waals surface area contributed by atoms with Gasteiger partial charge in [-0.05, 0) is 28.8 Å². The fourth-order valence-electron chi connectivity index (χ4n) is 3.25. The van der Waals surface area contributed by atoms with Crippen molar-refractivity contribution < 1.29 is 4.74 Å². The molecule has 3 rings (SSSR count). The third-order valence-electron chi connectivity index (χ3n) is 4.80. The molecule has 0 radical (unpaired) electrons. The van der Waals surface area contributed by atoms with Gasteiger partial charge in [0.05, 0.1) is 12.6 Å². The summed E-state index contributed by atoms with van der Waals surface area (Å²) in [5, 5.41) is 0. The maximum Gasteiger partial charge on any atom is 0.118 e. The smallest absolute Gasteiger partial charge is 0.118 e. The van der Waals surface area contributed by atoms with Gasteiger partial charge in [-0.1, -0.05) is 79.7 Å². The predicted molar refractivity (Wildman–Crippen MR) is 99.3 cm³/mol. The zero-order valence-corrected chi connectivity index (χ0v) is 14.1. The summed E-state index contributed by atoms with van der Waals surface area (Å²) >= 11 is 0. The summed E-state index contributed by atoms with van der Waals surface area (Å²) in [4.78, 5) is 0. The van der Waals surface area contributed by atoms with Crippen LogP contribution in [0.25, 0.3) is 0 Å². The second kappa shape index (κ2) is 6.90. The first-order chi connectivity index (χ1) is 11.7. The Bertz CT molecular complexity index is 727. The molecule has 1 unspecified atom stereocenters. The number of hydrogen-bond acceptors (Lipinski definition) is 2. The summed E-state index contributed by atoms with van der Waals surface area (Å²) < 4.78 is 5.27. The first-order valence-corrected chi connectivity index (χ1v) is 8.20. The number of benzene rings is 3. The van der Waals surface area contributed by atoms with Gasteiger partial charge in [-0.3, -0.25) is 0 Å². The van der Waals surface area contributed by atoms with Gasteiger partial charge in [0.25, 0.3) is 0 Å². The van der Waals surface area contributed by atoms with Crippen LogP contribution in [0.1, 0.15) is 29.5 Å². The lowest BCUT2D eigenvalue weighted by Gasteiger charge is -2.37. The Morgan fingerprint density at radius 1 is 0.750 bits per heavy atom. The molecule has 0 saturated heterocycles. The molecule has 1 atom stereocenters. The van der Waals surface area contributed by atoms with Gasteiger partial charge in [0, 0.05) is 5.92 Å². The van der Waals surface area contributed by atoms with E-state index in [4.69, 9.17) is 10.5 Å². The van der Waals surface area contributed by atoms with Crippen molar-refractivity contribution in [3.8, 4) is 5.75 Å². The molecule has 2 nitrogen and oxygen atoms in total. The van der Waals surface area contributed by atoms with Crippen LogP contribution >= 0.6 is 0 Å². The summed E-state index contributed by atoms with van der Waals surface area (Å²) in [6.45, 7) is 2.18. The lowest BCUT2D eigenvalue weighted by Crippen LogP contribution is -2.43. The summed E-state index contributed by atoms with van der Waals surface area (Å²) in [5.41, 5.74) is 9.86. The molecular formula is C22H23NO. The van der Waals surface area contributed by atoms with Gasteiger partial charge < -0.3 is 10.5 Å². The molecule has 0 fully saturated rings. The van der Waals surface area contributed by atoms with E-state index < -0.39 is 5.54 Å². The van der Waals surface area contributed by atoms with Crippen molar-refractivity contribution >= 4 is 0 Å². The Morgan fingerprint density at radius 3 is 1.62 bits per heavy atom. The summed E-state index contributed by atoms with van der Waals surface area (Å²) in [6, 6.07) is 28.8. The van der Waals surface area contributed by atoms with E-state index >= 15 is 0 Å². The van der Waals surface area contributed by atoms with E-state index in [9.17, 15) is 0 Å². The standard InChI is InChI=1S/C22H23NO/c1-17(18-13-15-21(24-2)16-14-18)22(23,19-9-5-3-6-10-19)20-11-7-4-8-12-20/h3-17H,23H2,1-2H3. The van der Waals surface area contributed by atoms with Gasteiger partial charge in [0.2, 0.25) is 0 Å². The highest BCUT2D eigenvalue weighted by Gasteiger charge is 2.36. The molecule has 24 heavy (non-hydrogen) atoms. The lowest BCUT2D eigenvalue weighted by atomic mass is 9.72. The second-order valence-corrected chi connectivity index (χ2v) is 6.10. The van der Waals surface area contributed by atoms with Crippen molar-refractivity contribution in [3.05, 3.63) is 102 Å². The summed E-state index contributed by atoms with van der Waals surface area (Å²) in [6.07, 6.45) is 0. The molecule has 2 heteroatoms. The fraction of sp³-hybridized carbons (Fsp3) is 0.182. The molecule has 3 aromatic carbocycles. The van der Waals surface area contributed by atoms with Crippen LogP contribution < -0.4 is 10.5 Å². The van der Waals surface area contributed by atoms with E-state index in [-0.39, 0.29) is 5.92 Å². The average Bonchev–Trinajstić information content (AvgIpc) is 2.68. The fourth-order valence-corrected chi connectivity index (χ4v) is 3.25. The summed E-state index contributed by atoms with van der Waals surface area (Å²) in [7, 11) is 1.68. The number of nitrogens with two attached hydrogens (primary N) is 1. The van der Waals surface area contributed by atoms with Gasteiger partial charge >= 0.3 is 0 Å². The lowest BCUT2D eigenvalue weighted by molar-refractivity contribution is 0.413. The molecule has 0 amide bonds. The van der Waals surface area contributed by atoms with Crippen LogP contribution in [-0.2, 0) is 5.54 Å². The second-order valence-electron chi connectivity index (χ2n) is 6.10. The van der Waals surface area contributed by atoms with E-state index in [1.165, 1.54) is 5.56 Å². The first-order valence-electron chi connectivity index (χ1n) is 8.20. The molecule has 0 aliphatic heterocycles. The highest BCUT2D eigenvalue weighted by molar-refractivity contribution is 5.43. The van der Waals surface area contributed by atoms with Crippen LogP contribution in [0, 0.1) is 0 Å². The SMILES string of the molecule is COc1ccc(C(C)C(N)(c2ccccc2)c2ccccc2)cc1. The maximum absolute atomic E-state index is 7.06. The average molecular weight is 317 g/mol. The van der Waals surface area contributed by atoms with Gasteiger partial charge in [-0.15, -0.1) is 0 Å². The van der Waals surface area contributed by atoms with Crippen molar-refractivity contribution in [2.24, 2.45) is 5.73 Å². The number of rotatable bonds is 5. The van der Waals surface area contributed by atoms with E-state index in [1.807, 2.05) is 48.5 Å². The zero-order chi connectivity index (χ0) is 17.0. The molecule has 0 bridgehead atoms. The largest absolute Gasteiger partial charge is 0.497 e. The normalized spacial score (nSPS) is 12.6. The summed E-state index contributed by atoms with van der Waals surface area (Å²) in [5.74, 6) is 0.959. The molecule has 3 aromatic rings. The maximum atomic E-state index is 7.06. The van der Waals surface area contributed by atoms with E-state index in [1.54, 1.807) is 7.11 Å². The van der Waals surface area contributed by atoms with Crippen LogP contribution in [0.2, 0.25) is 0 Å². The highest BCUT2D eigenvalue weighted by atomic mass is 16.5. The van der Waals surface area contributed by atoms with E-state index in [2.05, 4.69) is 43.3 Å². The van der Waals surface area contributed by atoms with Crippen molar-refractivity contribution in [2.75, 3.05) is 7.11 Å². The minimum atomic E-state index is -0.600. The quantitative estimate of drug-likeness (QED) is 0.740. The minimum absolute atomic E-state index is 0.105. The van der Waals surface area contributed by atoms with Crippen molar-refractivity contribution in [3.63, 3.8) is 0 Å². The Hall–Kier alpha value is -2.58. The molecule has 0 aliphatic carbocycles. The first kappa shape index (κ1) is 16.3. The third kappa shape index (κ3) is 2.93. The molecule has 2 N–H and O–H groups in total. The van der Waals surface area contributed by atoms with E-state index in [0.29, 0.717) is 0 Å². The van der Waals surface area contributed by atoms with Crippen molar-refractivity contribution in [1.29, 1.82) is 0 Å². The van der Waals surface area contributed by atoms with Crippen molar-refractivity contribution in [1.82, 2.24) is 0 Å². The van der Waals surface area contributed by atoms with Crippen molar-refractivity contribution in [2.45, 2.75) is 18.4 Å². The number of methoxy groups -OCH3 is 1. The zero-order valence-electron chi connectivity index (χ0n) is 14.1. The topological polar surface area (TPSA) is 35.2 Å². The Balaban J connectivity index is 2.10. The van der Waals surface area contributed by atoms with Crippen LogP contribution in [-0.4, -0.2) is 7.11 Å². The monoisotopic (exact) mass is 317 g/mol. The number of hydrogen-bond donors (Lipinski definition) is 1. The molecule has 0 aliphatic rings. The number of ether oxygens (including phenoxy) is 1.